The topological polar surface area (TPSA) is 52.6 Å². The third-order valence-electron chi connectivity index (χ3n) is 3.30. The highest BCUT2D eigenvalue weighted by Gasteiger charge is 2.42. The molecule has 0 aliphatic heterocycles. The van der Waals surface area contributed by atoms with Crippen LogP contribution in [0.3, 0.4) is 0 Å². The molecule has 0 rings (SSSR count). The number of hydrogen-bond donors (Lipinski definition) is 0. The minimum absolute atomic E-state index is 0.244. The second-order valence-electron chi connectivity index (χ2n) is 5.32. The maximum absolute atomic E-state index is 12.5. The van der Waals surface area contributed by atoms with Crippen molar-refractivity contribution in [1.82, 2.24) is 0 Å². The molecular formula is C15H24F4O4. The number of alkyl halides is 4. The van der Waals surface area contributed by atoms with Crippen LogP contribution in [-0.4, -0.2) is 37.5 Å². The van der Waals surface area contributed by atoms with Crippen molar-refractivity contribution in [3.05, 3.63) is 0 Å². The smallest absolute Gasteiger partial charge is 0.340 e. The van der Waals surface area contributed by atoms with E-state index >= 15 is 0 Å². The molecule has 8 heteroatoms. The Balaban J connectivity index is 3.94. The number of rotatable bonds is 12. The molecule has 0 aromatic carbocycles. The molecule has 0 aliphatic rings. The Hall–Kier alpha value is -1.34. The summed E-state index contributed by atoms with van der Waals surface area (Å²) in [5.74, 6) is -5.92. The van der Waals surface area contributed by atoms with Gasteiger partial charge in [0.15, 0.2) is 6.61 Å². The number of halogens is 4. The summed E-state index contributed by atoms with van der Waals surface area (Å²) in [6.07, 6.45) is -0.856. The van der Waals surface area contributed by atoms with Gasteiger partial charge in [-0.15, -0.1) is 0 Å². The summed E-state index contributed by atoms with van der Waals surface area (Å²) in [6.45, 7) is 2.58. The monoisotopic (exact) mass is 344 g/mol. The Kier molecular flexibility index (Phi) is 10.6. The minimum Gasteiger partial charge on any atom is -0.465 e. The molecule has 0 radical (unpaired) electrons. The van der Waals surface area contributed by atoms with Crippen molar-refractivity contribution in [2.45, 2.75) is 64.7 Å². The van der Waals surface area contributed by atoms with Crippen LogP contribution in [0.15, 0.2) is 0 Å². The Bertz CT molecular complexity index is 361. The molecule has 0 heterocycles. The van der Waals surface area contributed by atoms with Crippen molar-refractivity contribution < 1.29 is 36.6 Å². The first-order chi connectivity index (χ1) is 10.7. The third-order valence-corrected chi connectivity index (χ3v) is 3.30. The molecular weight excluding hydrogens is 320 g/mol. The average molecular weight is 344 g/mol. The number of ether oxygens (including phenoxy) is 2. The normalized spacial score (nSPS) is 13.0. The number of carbonyl (C=O) groups excluding carboxylic acids is 2. The Morgan fingerprint density at radius 2 is 1.61 bits per heavy atom. The molecule has 0 aliphatic carbocycles. The van der Waals surface area contributed by atoms with Crippen molar-refractivity contribution in [3.63, 3.8) is 0 Å². The first-order valence-electron chi connectivity index (χ1n) is 7.70. The lowest BCUT2D eigenvalue weighted by Crippen LogP contribution is -2.33. The van der Waals surface area contributed by atoms with Gasteiger partial charge in [-0.2, -0.15) is 8.78 Å². The first-order valence-corrected chi connectivity index (χ1v) is 7.70. The SMILES string of the molecule is CCCCC(CC)COC(=O)CCC(=O)OCC(F)(F)C(F)F. The van der Waals surface area contributed by atoms with Crippen molar-refractivity contribution >= 4 is 11.9 Å². The Morgan fingerprint density at radius 1 is 1.04 bits per heavy atom. The second kappa shape index (κ2) is 11.2. The van der Waals surface area contributed by atoms with Crippen LogP contribution in [0.4, 0.5) is 17.6 Å². The zero-order valence-electron chi connectivity index (χ0n) is 13.5. The van der Waals surface area contributed by atoms with Gasteiger partial charge < -0.3 is 9.47 Å². The van der Waals surface area contributed by atoms with E-state index in [9.17, 15) is 27.2 Å². The van der Waals surface area contributed by atoms with Crippen LogP contribution >= 0.6 is 0 Å². The lowest BCUT2D eigenvalue weighted by molar-refractivity contribution is -0.180. The summed E-state index contributed by atoms with van der Waals surface area (Å²) < 4.78 is 57.8. The number of unbranched alkanes of at least 4 members (excludes halogenated alkanes) is 1. The van der Waals surface area contributed by atoms with Gasteiger partial charge in [-0.05, 0) is 12.3 Å². The van der Waals surface area contributed by atoms with Gasteiger partial charge in [0.25, 0.3) is 0 Å². The van der Waals surface area contributed by atoms with Gasteiger partial charge in [0.05, 0.1) is 19.4 Å². The first kappa shape index (κ1) is 21.7. The molecule has 0 amide bonds. The van der Waals surface area contributed by atoms with Gasteiger partial charge in [0.2, 0.25) is 0 Å². The van der Waals surface area contributed by atoms with E-state index in [4.69, 9.17) is 4.74 Å². The molecule has 0 aromatic heterocycles. The zero-order valence-corrected chi connectivity index (χ0v) is 13.5. The van der Waals surface area contributed by atoms with Crippen molar-refractivity contribution in [1.29, 1.82) is 0 Å². The van der Waals surface area contributed by atoms with E-state index < -0.39 is 37.3 Å². The maximum Gasteiger partial charge on any atom is 0.340 e. The molecule has 0 saturated heterocycles. The van der Waals surface area contributed by atoms with Crippen LogP contribution in [0.5, 0.6) is 0 Å². The van der Waals surface area contributed by atoms with Gasteiger partial charge in [0, 0.05) is 0 Å². The molecule has 0 aromatic rings. The number of carbonyl (C=O) groups is 2. The second-order valence-corrected chi connectivity index (χ2v) is 5.32. The van der Waals surface area contributed by atoms with E-state index in [1.54, 1.807) is 0 Å². The summed E-state index contributed by atoms with van der Waals surface area (Å²) in [6, 6.07) is 0. The van der Waals surface area contributed by atoms with Gasteiger partial charge in [0.1, 0.15) is 0 Å². The fourth-order valence-corrected chi connectivity index (χ4v) is 1.70. The molecule has 0 saturated carbocycles. The van der Waals surface area contributed by atoms with E-state index in [0.717, 1.165) is 25.7 Å². The highest BCUT2D eigenvalue weighted by molar-refractivity contribution is 5.77. The predicted molar refractivity (Wildman–Crippen MR) is 75.4 cm³/mol. The Labute approximate surface area is 133 Å². The summed E-state index contributed by atoms with van der Waals surface area (Å²) >= 11 is 0. The van der Waals surface area contributed by atoms with E-state index in [1.165, 1.54) is 0 Å². The van der Waals surface area contributed by atoms with Crippen LogP contribution in [0.25, 0.3) is 0 Å². The van der Waals surface area contributed by atoms with Crippen molar-refractivity contribution in [2.75, 3.05) is 13.2 Å². The standard InChI is InChI=1S/C15H24F4O4/c1-3-5-6-11(4-2)9-22-12(20)7-8-13(21)23-10-15(18,19)14(16)17/h11,14H,3-10H2,1-2H3. The van der Waals surface area contributed by atoms with Crippen LogP contribution in [0, 0.1) is 5.92 Å². The zero-order chi connectivity index (χ0) is 17.9. The van der Waals surface area contributed by atoms with Gasteiger partial charge in [-0.1, -0.05) is 33.1 Å². The minimum atomic E-state index is -4.39. The highest BCUT2D eigenvalue weighted by Crippen LogP contribution is 2.23. The molecule has 136 valence electrons. The van der Waals surface area contributed by atoms with Gasteiger partial charge in [-0.3, -0.25) is 9.59 Å². The van der Waals surface area contributed by atoms with Crippen molar-refractivity contribution in [3.8, 4) is 0 Å². The average Bonchev–Trinajstić information content (AvgIpc) is 2.51. The molecule has 1 atom stereocenters. The van der Waals surface area contributed by atoms with Gasteiger partial charge >= 0.3 is 24.3 Å². The highest BCUT2D eigenvalue weighted by atomic mass is 19.3. The van der Waals surface area contributed by atoms with Crippen LogP contribution in [0.2, 0.25) is 0 Å². The van der Waals surface area contributed by atoms with Crippen LogP contribution in [0.1, 0.15) is 52.4 Å². The molecule has 1 unspecified atom stereocenters. The summed E-state index contributed by atoms with van der Waals surface area (Å²) in [5, 5.41) is 0. The molecule has 0 bridgehead atoms. The van der Waals surface area contributed by atoms with E-state index in [1.807, 2.05) is 6.92 Å². The maximum atomic E-state index is 12.5. The third kappa shape index (κ3) is 10.1. The van der Waals surface area contributed by atoms with E-state index in [-0.39, 0.29) is 18.9 Å². The van der Waals surface area contributed by atoms with Crippen LogP contribution in [-0.2, 0) is 19.1 Å². The number of hydrogen-bond acceptors (Lipinski definition) is 4. The summed E-state index contributed by atoms with van der Waals surface area (Å²) in [7, 11) is 0. The van der Waals surface area contributed by atoms with Crippen LogP contribution < -0.4 is 0 Å². The summed E-state index contributed by atoms with van der Waals surface area (Å²) in [4.78, 5) is 22.6. The fraction of sp³-hybridized carbons (Fsp3) is 0.867. The molecule has 0 spiro atoms. The largest absolute Gasteiger partial charge is 0.465 e. The summed E-state index contributed by atoms with van der Waals surface area (Å²) in [5.41, 5.74) is 0. The van der Waals surface area contributed by atoms with E-state index in [2.05, 4.69) is 11.7 Å². The predicted octanol–water partition coefficient (Wildman–Crippen LogP) is 3.97. The molecule has 0 N–H and O–H groups in total. The lowest BCUT2D eigenvalue weighted by atomic mass is 10.0. The number of esters is 2. The molecule has 4 nitrogen and oxygen atoms in total. The fourth-order valence-electron chi connectivity index (χ4n) is 1.70. The van der Waals surface area contributed by atoms with E-state index in [0.29, 0.717) is 0 Å². The molecule has 23 heavy (non-hydrogen) atoms. The molecule has 0 fully saturated rings. The lowest BCUT2D eigenvalue weighted by Gasteiger charge is -2.15. The Morgan fingerprint density at radius 3 is 2.09 bits per heavy atom. The quantitative estimate of drug-likeness (QED) is 0.397. The van der Waals surface area contributed by atoms with Crippen molar-refractivity contribution in [2.24, 2.45) is 5.92 Å². The van der Waals surface area contributed by atoms with Gasteiger partial charge in [-0.25, -0.2) is 8.78 Å².